The number of carbonyl (C=O) groups excluding carboxylic acids is 1. The average molecular weight is 264 g/mol. The lowest BCUT2D eigenvalue weighted by Gasteiger charge is -2.22. The first-order valence-corrected chi connectivity index (χ1v) is 5.74. The predicted octanol–water partition coefficient (Wildman–Crippen LogP) is 2.23. The first kappa shape index (κ1) is 15.0. The number of nitroso groups, excluding NO2 is 1. The van der Waals surface area contributed by atoms with Gasteiger partial charge in [0.25, 0.3) is 0 Å². The van der Waals surface area contributed by atoms with Crippen molar-refractivity contribution in [1.82, 2.24) is 0 Å². The van der Waals surface area contributed by atoms with Crippen LogP contribution in [-0.2, 0) is 11.3 Å². The number of Topliss-reactive ketones (excluding diaryl/α,β-unsaturated/α-hetero) is 1. The second kappa shape index (κ2) is 5.71. The number of rotatable bonds is 6. The summed E-state index contributed by atoms with van der Waals surface area (Å²) in [4.78, 5) is 33.7. The zero-order valence-electron chi connectivity index (χ0n) is 10.8. The van der Waals surface area contributed by atoms with Crippen molar-refractivity contribution in [1.29, 1.82) is 0 Å². The Morgan fingerprint density at radius 2 is 2.00 bits per heavy atom. The van der Waals surface area contributed by atoms with E-state index >= 15 is 0 Å². The fourth-order valence-electron chi connectivity index (χ4n) is 1.83. The summed E-state index contributed by atoms with van der Waals surface area (Å²) < 4.78 is 0. The lowest BCUT2D eigenvalue weighted by molar-refractivity contribution is -0.138. The highest BCUT2D eigenvalue weighted by Gasteiger charge is 2.32. The molecule has 3 N–H and O–H groups in total. The minimum atomic E-state index is -1.07. The molecule has 0 unspecified atom stereocenters. The summed E-state index contributed by atoms with van der Waals surface area (Å²) in [6, 6.07) is 4.37. The molecule has 0 spiro atoms. The van der Waals surface area contributed by atoms with Crippen molar-refractivity contribution < 1.29 is 14.7 Å². The molecule has 1 aromatic rings. The van der Waals surface area contributed by atoms with Crippen molar-refractivity contribution in [2.75, 3.05) is 0 Å². The van der Waals surface area contributed by atoms with Crippen molar-refractivity contribution >= 4 is 17.4 Å². The van der Waals surface area contributed by atoms with E-state index in [4.69, 9.17) is 10.8 Å². The van der Waals surface area contributed by atoms with Gasteiger partial charge in [-0.05, 0) is 22.9 Å². The molecular formula is C13H16N2O4. The monoisotopic (exact) mass is 264 g/mol. The maximum Gasteiger partial charge on any atom is 0.304 e. The number of hydrogen-bond donors (Lipinski definition) is 2. The van der Waals surface area contributed by atoms with Gasteiger partial charge < -0.3 is 10.8 Å². The van der Waals surface area contributed by atoms with E-state index in [-0.39, 0.29) is 30.0 Å². The summed E-state index contributed by atoms with van der Waals surface area (Å²) in [6.45, 7) is 3.22. The van der Waals surface area contributed by atoms with Crippen LogP contribution in [0, 0.1) is 10.3 Å². The molecular weight excluding hydrogens is 248 g/mol. The number of nitrogens with two attached hydrogens (primary N) is 1. The van der Waals surface area contributed by atoms with Crippen LogP contribution >= 0.6 is 0 Å². The van der Waals surface area contributed by atoms with Crippen molar-refractivity contribution in [3.05, 3.63) is 34.2 Å². The quantitative estimate of drug-likeness (QED) is 0.604. The summed E-state index contributed by atoms with van der Waals surface area (Å²) in [5.41, 5.74) is 5.41. The summed E-state index contributed by atoms with van der Waals surface area (Å²) in [5, 5.41) is 11.6. The SMILES string of the molecule is CC(C)(CC(=O)O)C(=O)c1cc(N=O)ccc1CN. The lowest BCUT2D eigenvalue weighted by Crippen LogP contribution is -2.28. The van der Waals surface area contributed by atoms with Gasteiger partial charge in [-0.3, -0.25) is 9.59 Å². The van der Waals surface area contributed by atoms with Gasteiger partial charge in [0.2, 0.25) is 0 Å². The molecule has 0 aliphatic carbocycles. The van der Waals surface area contributed by atoms with E-state index in [0.717, 1.165) is 0 Å². The number of hydrogen-bond acceptors (Lipinski definition) is 5. The Morgan fingerprint density at radius 1 is 1.37 bits per heavy atom. The zero-order chi connectivity index (χ0) is 14.6. The molecule has 0 aliphatic heterocycles. The van der Waals surface area contributed by atoms with Gasteiger partial charge in [0.15, 0.2) is 5.78 Å². The summed E-state index contributed by atoms with van der Waals surface area (Å²) in [5.74, 6) is -1.42. The maximum atomic E-state index is 12.4. The van der Waals surface area contributed by atoms with E-state index in [1.54, 1.807) is 19.9 Å². The largest absolute Gasteiger partial charge is 0.481 e. The highest BCUT2D eigenvalue weighted by molar-refractivity contribution is 6.03. The van der Waals surface area contributed by atoms with E-state index in [2.05, 4.69) is 5.18 Å². The summed E-state index contributed by atoms with van der Waals surface area (Å²) >= 11 is 0. The Kier molecular flexibility index (Phi) is 4.50. The van der Waals surface area contributed by atoms with Crippen LogP contribution in [-0.4, -0.2) is 16.9 Å². The van der Waals surface area contributed by atoms with Crippen LogP contribution in [0.25, 0.3) is 0 Å². The average Bonchev–Trinajstić information content (AvgIpc) is 2.35. The molecule has 19 heavy (non-hydrogen) atoms. The van der Waals surface area contributed by atoms with Gasteiger partial charge >= 0.3 is 5.97 Å². The summed E-state index contributed by atoms with van der Waals surface area (Å²) in [6.07, 6.45) is -0.297. The van der Waals surface area contributed by atoms with Crippen LogP contribution in [0.4, 0.5) is 5.69 Å². The van der Waals surface area contributed by atoms with Crippen molar-refractivity contribution in [3.63, 3.8) is 0 Å². The topological polar surface area (TPSA) is 110 Å². The highest BCUT2D eigenvalue weighted by Crippen LogP contribution is 2.29. The Hall–Kier alpha value is -2.08. The fraction of sp³-hybridized carbons (Fsp3) is 0.385. The smallest absolute Gasteiger partial charge is 0.304 e. The standard InChI is InChI=1S/C13H16N2O4/c1-13(2,6-11(16)17)12(18)10-5-9(15-19)4-3-8(10)7-14/h3-5H,6-7,14H2,1-2H3,(H,16,17). The van der Waals surface area contributed by atoms with E-state index in [1.165, 1.54) is 12.1 Å². The maximum absolute atomic E-state index is 12.4. The molecule has 6 heteroatoms. The number of carboxylic acids is 1. The fourth-order valence-corrected chi connectivity index (χ4v) is 1.83. The zero-order valence-corrected chi connectivity index (χ0v) is 10.8. The second-order valence-electron chi connectivity index (χ2n) is 4.92. The molecule has 6 nitrogen and oxygen atoms in total. The van der Waals surface area contributed by atoms with Crippen molar-refractivity contribution in [2.45, 2.75) is 26.8 Å². The minimum absolute atomic E-state index is 0.117. The van der Waals surface area contributed by atoms with Crippen LogP contribution < -0.4 is 5.73 Å². The van der Waals surface area contributed by atoms with Gasteiger partial charge in [-0.2, -0.15) is 0 Å². The van der Waals surface area contributed by atoms with E-state index in [9.17, 15) is 14.5 Å². The Balaban J connectivity index is 3.23. The summed E-state index contributed by atoms with van der Waals surface area (Å²) in [7, 11) is 0. The number of nitrogens with zero attached hydrogens (tertiary/aromatic N) is 1. The van der Waals surface area contributed by atoms with Gasteiger partial charge in [0.05, 0.1) is 6.42 Å². The first-order chi connectivity index (χ1) is 8.81. The van der Waals surface area contributed by atoms with E-state index in [0.29, 0.717) is 5.56 Å². The molecule has 0 saturated carbocycles. The Bertz CT molecular complexity index is 523. The van der Waals surface area contributed by atoms with E-state index in [1.807, 2.05) is 0 Å². The molecule has 0 heterocycles. The Morgan fingerprint density at radius 3 is 2.47 bits per heavy atom. The number of ketones is 1. The molecule has 0 amide bonds. The van der Waals surface area contributed by atoms with Gasteiger partial charge in [-0.25, -0.2) is 0 Å². The number of carboxylic acid groups (broad SMARTS) is 1. The number of benzene rings is 1. The first-order valence-electron chi connectivity index (χ1n) is 5.74. The number of carbonyl (C=O) groups is 2. The number of aliphatic carboxylic acids is 1. The van der Waals surface area contributed by atoms with Crippen LogP contribution in [0.2, 0.25) is 0 Å². The third-order valence-electron chi connectivity index (χ3n) is 2.87. The second-order valence-corrected chi connectivity index (χ2v) is 4.92. The molecule has 0 aromatic heterocycles. The third kappa shape index (κ3) is 3.45. The molecule has 1 rings (SSSR count). The molecule has 1 aromatic carbocycles. The lowest BCUT2D eigenvalue weighted by atomic mass is 9.80. The van der Waals surface area contributed by atoms with Crippen LogP contribution in [0.5, 0.6) is 0 Å². The molecule has 0 aliphatic rings. The van der Waals surface area contributed by atoms with Crippen LogP contribution in [0.1, 0.15) is 36.2 Å². The van der Waals surface area contributed by atoms with Crippen molar-refractivity contribution in [2.24, 2.45) is 16.3 Å². The predicted molar refractivity (Wildman–Crippen MR) is 70.2 cm³/mol. The van der Waals surface area contributed by atoms with Gasteiger partial charge in [0.1, 0.15) is 5.69 Å². The minimum Gasteiger partial charge on any atom is -0.481 e. The van der Waals surface area contributed by atoms with Gasteiger partial charge in [0, 0.05) is 17.5 Å². The molecule has 102 valence electrons. The molecule has 0 bridgehead atoms. The molecule has 0 atom stereocenters. The van der Waals surface area contributed by atoms with E-state index < -0.39 is 11.4 Å². The third-order valence-corrected chi connectivity index (χ3v) is 2.87. The van der Waals surface area contributed by atoms with Crippen LogP contribution in [0.15, 0.2) is 23.4 Å². The van der Waals surface area contributed by atoms with Crippen molar-refractivity contribution in [3.8, 4) is 0 Å². The highest BCUT2D eigenvalue weighted by atomic mass is 16.4. The molecule has 0 saturated heterocycles. The Labute approximate surface area is 110 Å². The molecule has 0 fully saturated rings. The van der Waals surface area contributed by atoms with Gasteiger partial charge in [-0.1, -0.05) is 19.9 Å². The molecule has 0 radical (unpaired) electrons. The van der Waals surface area contributed by atoms with Gasteiger partial charge in [-0.15, -0.1) is 4.91 Å². The van der Waals surface area contributed by atoms with Crippen LogP contribution in [0.3, 0.4) is 0 Å². The normalized spacial score (nSPS) is 11.1.